The average Bonchev–Trinajstić information content (AvgIpc) is 2.64. The van der Waals surface area contributed by atoms with E-state index < -0.39 is 0 Å². The number of thiophene rings is 1. The molecular weight excluding hydrogens is 288 g/mol. The van der Waals surface area contributed by atoms with Gasteiger partial charge in [0.15, 0.2) is 5.82 Å². The Labute approximate surface area is 106 Å². The Morgan fingerprint density at radius 2 is 2.19 bits per heavy atom. The molecule has 0 aliphatic carbocycles. The van der Waals surface area contributed by atoms with Gasteiger partial charge in [-0.3, -0.25) is 0 Å². The Bertz CT molecular complexity index is 497. The summed E-state index contributed by atoms with van der Waals surface area (Å²) in [6.45, 7) is 2.08. The van der Waals surface area contributed by atoms with Crippen LogP contribution in [0.15, 0.2) is 15.9 Å². The van der Waals surface area contributed by atoms with Crippen LogP contribution in [-0.2, 0) is 6.42 Å². The van der Waals surface area contributed by atoms with Crippen molar-refractivity contribution in [3.05, 3.63) is 21.7 Å². The molecule has 4 nitrogen and oxygen atoms in total. The van der Waals surface area contributed by atoms with Crippen LogP contribution in [0.1, 0.15) is 19.2 Å². The topological polar surface area (TPSA) is 64.7 Å². The molecule has 0 aromatic carbocycles. The maximum Gasteiger partial charge on any atom is 0.223 e. The number of nitrogens with two attached hydrogens (primary N) is 1. The molecule has 0 saturated carbocycles. The minimum atomic E-state index is 0.290. The van der Waals surface area contributed by atoms with E-state index in [4.69, 9.17) is 5.73 Å². The van der Waals surface area contributed by atoms with Crippen molar-refractivity contribution in [3.63, 3.8) is 0 Å². The average molecular weight is 299 g/mol. The van der Waals surface area contributed by atoms with Crippen LogP contribution in [-0.4, -0.2) is 15.0 Å². The zero-order valence-electron chi connectivity index (χ0n) is 8.77. The molecular formula is C10H11BrN4S. The standard InChI is InChI=1S/C10H11BrN4S/c1-2-3-8-13-9(15-10(12)14-8)7-4-6(11)5-16-7/h4-5H,2-3H2,1H3,(H2,12,13,14,15). The van der Waals surface area contributed by atoms with Crippen molar-refractivity contribution < 1.29 is 0 Å². The second-order valence-electron chi connectivity index (χ2n) is 3.31. The first-order valence-electron chi connectivity index (χ1n) is 4.94. The molecule has 16 heavy (non-hydrogen) atoms. The summed E-state index contributed by atoms with van der Waals surface area (Å²) in [5, 5.41) is 1.99. The van der Waals surface area contributed by atoms with Crippen molar-refractivity contribution in [1.82, 2.24) is 15.0 Å². The zero-order valence-corrected chi connectivity index (χ0v) is 11.2. The van der Waals surface area contributed by atoms with Gasteiger partial charge in [-0.1, -0.05) is 6.92 Å². The van der Waals surface area contributed by atoms with Gasteiger partial charge in [0.1, 0.15) is 5.82 Å². The van der Waals surface area contributed by atoms with Gasteiger partial charge in [-0.15, -0.1) is 11.3 Å². The lowest BCUT2D eigenvalue weighted by atomic mass is 10.3. The summed E-state index contributed by atoms with van der Waals surface area (Å²) in [6.07, 6.45) is 1.82. The summed E-state index contributed by atoms with van der Waals surface area (Å²) in [7, 11) is 0. The first kappa shape index (κ1) is 11.5. The highest BCUT2D eigenvalue weighted by Crippen LogP contribution is 2.27. The Balaban J connectivity index is 2.40. The van der Waals surface area contributed by atoms with E-state index in [-0.39, 0.29) is 5.95 Å². The summed E-state index contributed by atoms with van der Waals surface area (Å²) >= 11 is 4.99. The molecule has 0 aliphatic heterocycles. The summed E-state index contributed by atoms with van der Waals surface area (Å²) < 4.78 is 1.03. The fourth-order valence-corrected chi connectivity index (χ4v) is 2.67. The van der Waals surface area contributed by atoms with Crippen LogP contribution in [0.25, 0.3) is 10.7 Å². The molecule has 6 heteroatoms. The quantitative estimate of drug-likeness (QED) is 0.946. The van der Waals surface area contributed by atoms with Crippen LogP contribution in [0.2, 0.25) is 0 Å². The largest absolute Gasteiger partial charge is 0.368 e. The third-order valence-corrected chi connectivity index (χ3v) is 3.65. The monoisotopic (exact) mass is 298 g/mol. The summed E-state index contributed by atoms with van der Waals surface area (Å²) in [5.41, 5.74) is 5.66. The molecule has 0 radical (unpaired) electrons. The van der Waals surface area contributed by atoms with Crippen molar-refractivity contribution >= 4 is 33.2 Å². The summed E-state index contributed by atoms with van der Waals surface area (Å²) in [5.74, 6) is 1.71. The molecule has 2 aromatic rings. The van der Waals surface area contributed by atoms with Gasteiger partial charge in [-0.05, 0) is 28.4 Å². The Kier molecular flexibility index (Phi) is 3.50. The lowest BCUT2D eigenvalue weighted by Gasteiger charge is -2.01. The second-order valence-corrected chi connectivity index (χ2v) is 5.14. The van der Waals surface area contributed by atoms with Crippen LogP contribution in [0, 0.1) is 0 Å². The fourth-order valence-electron chi connectivity index (χ4n) is 1.31. The van der Waals surface area contributed by atoms with Crippen LogP contribution >= 0.6 is 27.3 Å². The summed E-state index contributed by atoms with van der Waals surface area (Å²) in [6, 6.07) is 1.98. The molecule has 0 bridgehead atoms. The van der Waals surface area contributed by atoms with Crippen LogP contribution in [0.3, 0.4) is 0 Å². The molecule has 84 valence electrons. The van der Waals surface area contributed by atoms with Gasteiger partial charge in [0.05, 0.1) is 4.88 Å². The Morgan fingerprint density at radius 1 is 1.38 bits per heavy atom. The molecule has 0 aliphatic rings. The van der Waals surface area contributed by atoms with Crippen molar-refractivity contribution in [2.45, 2.75) is 19.8 Å². The van der Waals surface area contributed by atoms with E-state index in [1.165, 1.54) is 0 Å². The van der Waals surface area contributed by atoms with E-state index in [2.05, 4.69) is 37.8 Å². The van der Waals surface area contributed by atoms with E-state index >= 15 is 0 Å². The molecule has 0 fully saturated rings. The van der Waals surface area contributed by atoms with Crippen molar-refractivity contribution in [2.24, 2.45) is 0 Å². The Hall–Kier alpha value is -1.01. The number of hydrogen-bond acceptors (Lipinski definition) is 5. The van der Waals surface area contributed by atoms with Crippen molar-refractivity contribution in [2.75, 3.05) is 5.73 Å². The molecule has 0 saturated heterocycles. The molecule has 0 spiro atoms. The van der Waals surface area contributed by atoms with Crippen molar-refractivity contribution in [1.29, 1.82) is 0 Å². The molecule has 2 N–H and O–H groups in total. The van der Waals surface area contributed by atoms with E-state index in [9.17, 15) is 0 Å². The van der Waals surface area contributed by atoms with Crippen molar-refractivity contribution in [3.8, 4) is 10.7 Å². The van der Waals surface area contributed by atoms with Gasteiger partial charge in [-0.2, -0.15) is 9.97 Å². The minimum absolute atomic E-state index is 0.290. The lowest BCUT2D eigenvalue weighted by Crippen LogP contribution is -2.04. The fraction of sp³-hybridized carbons (Fsp3) is 0.300. The number of anilines is 1. The van der Waals surface area contributed by atoms with E-state index in [1.807, 2.05) is 11.4 Å². The molecule has 0 amide bonds. The second kappa shape index (κ2) is 4.88. The predicted octanol–water partition coefficient (Wildman–Crippen LogP) is 2.90. The van der Waals surface area contributed by atoms with Crippen LogP contribution in [0.5, 0.6) is 0 Å². The molecule has 0 atom stereocenters. The normalized spacial score (nSPS) is 10.6. The smallest absolute Gasteiger partial charge is 0.223 e. The molecule has 2 rings (SSSR count). The van der Waals surface area contributed by atoms with Crippen LogP contribution < -0.4 is 5.73 Å². The van der Waals surface area contributed by atoms with Gasteiger partial charge in [0.25, 0.3) is 0 Å². The first-order chi connectivity index (χ1) is 7.69. The highest BCUT2D eigenvalue weighted by Gasteiger charge is 2.08. The Morgan fingerprint density at radius 3 is 2.81 bits per heavy atom. The zero-order chi connectivity index (χ0) is 11.5. The number of aromatic nitrogens is 3. The number of rotatable bonds is 3. The maximum absolute atomic E-state index is 5.66. The predicted molar refractivity (Wildman–Crippen MR) is 69.2 cm³/mol. The molecule has 2 aromatic heterocycles. The molecule has 2 heterocycles. The number of hydrogen-bond donors (Lipinski definition) is 1. The highest BCUT2D eigenvalue weighted by atomic mass is 79.9. The number of aryl methyl sites for hydroxylation is 1. The first-order valence-corrected chi connectivity index (χ1v) is 6.61. The maximum atomic E-state index is 5.66. The van der Waals surface area contributed by atoms with Gasteiger partial charge in [0.2, 0.25) is 5.95 Å². The summed E-state index contributed by atoms with van der Waals surface area (Å²) in [4.78, 5) is 13.6. The SMILES string of the molecule is CCCc1nc(N)nc(-c2cc(Br)cs2)n1. The van der Waals surface area contributed by atoms with Gasteiger partial charge < -0.3 is 5.73 Å². The third kappa shape index (κ3) is 2.56. The highest BCUT2D eigenvalue weighted by molar-refractivity contribution is 9.10. The number of nitrogens with zero attached hydrogens (tertiary/aromatic N) is 3. The van der Waals surface area contributed by atoms with Gasteiger partial charge in [-0.25, -0.2) is 4.98 Å². The van der Waals surface area contributed by atoms with E-state index in [0.29, 0.717) is 5.82 Å². The number of halogens is 1. The third-order valence-electron chi connectivity index (χ3n) is 1.96. The molecule has 0 unspecified atom stereocenters. The van der Waals surface area contributed by atoms with Crippen LogP contribution in [0.4, 0.5) is 5.95 Å². The van der Waals surface area contributed by atoms with E-state index in [0.717, 1.165) is 28.0 Å². The number of nitrogen functional groups attached to an aromatic ring is 1. The lowest BCUT2D eigenvalue weighted by molar-refractivity contribution is 0.825. The minimum Gasteiger partial charge on any atom is -0.368 e. The van der Waals surface area contributed by atoms with Gasteiger partial charge in [0, 0.05) is 16.3 Å². The van der Waals surface area contributed by atoms with E-state index in [1.54, 1.807) is 11.3 Å². The van der Waals surface area contributed by atoms with Gasteiger partial charge >= 0.3 is 0 Å².